The zero-order valence-corrected chi connectivity index (χ0v) is 15.5. The van der Waals surface area contributed by atoms with Crippen molar-refractivity contribution in [2.75, 3.05) is 22.4 Å². The molecule has 0 spiro atoms. The first-order chi connectivity index (χ1) is 12.1. The van der Waals surface area contributed by atoms with Gasteiger partial charge in [-0.15, -0.1) is 0 Å². The van der Waals surface area contributed by atoms with Gasteiger partial charge < -0.3 is 5.32 Å². The van der Waals surface area contributed by atoms with Crippen molar-refractivity contribution >= 4 is 27.3 Å². The van der Waals surface area contributed by atoms with E-state index < -0.39 is 27.6 Å². The number of halogens is 2. The van der Waals surface area contributed by atoms with Gasteiger partial charge in [-0.2, -0.15) is 0 Å². The van der Waals surface area contributed by atoms with Gasteiger partial charge in [0, 0.05) is 24.7 Å². The molecule has 0 aromatic heterocycles. The summed E-state index contributed by atoms with van der Waals surface area (Å²) < 4.78 is 51.4. The smallest absolute Gasteiger partial charge is 0.232 e. The van der Waals surface area contributed by atoms with Gasteiger partial charge in [0.05, 0.1) is 11.9 Å². The van der Waals surface area contributed by atoms with Gasteiger partial charge >= 0.3 is 0 Å². The van der Waals surface area contributed by atoms with Crippen molar-refractivity contribution in [1.82, 2.24) is 0 Å². The molecule has 0 aliphatic carbocycles. The van der Waals surface area contributed by atoms with Crippen molar-refractivity contribution in [1.29, 1.82) is 0 Å². The lowest BCUT2D eigenvalue weighted by molar-refractivity contribution is -0.116. The summed E-state index contributed by atoms with van der Waals surface area (Å²) in [5.74, 6) is -2.59. The number of hydrogen-bond donors (Lipinski definition) is 1. The molecule has 0 radical (unpaired) electrons. The lowest BCUT2D eigenvalue weighted by Gasteiger charge is -2.23. The summed E-state index contributed by atoms with van der Waals surface area (Å²) in [6, 6.07) is 8.23. The summed E-state index contributed by atoms with van der Waals surface area (Å²) in [5, 5.41) is 2.42. The molecule has 5 nitrogen and oxygen atoms in total. The Morgan fingerprint density at radius 1 is 1.04 bits per heavy atom. The van der Waals surface area contributed by atoms with E-state index >= 15 is 0 Å². The first-order valence-electron chi connectivity index (χ1n) is 7.88. The minimum Gasteiger partial charge on any atom is -0.326 e. The summed E-state index contributed by atoms with van der Waals surface area (Å²) in [4.78, 5) is 12.0. The topological polar surface area (TPSA) is 66.5 Å². The van der Waals surface area contributed by atoms with E-state index in [9.17, 15) is 22.0 Å². The highest BCUT2D eigenvalue weighted by Gasteiger charge is 2.19. The molecule has 1 amide bonds. The number of carbonyl (C=O) groups is 1. The van der Waals surface area contributed by atoms with E-state index in [4.69, 9.17) is 0 Å². The van der Waals surface area contributed by atoms with Crippen LogP contribution in [0.25, 0.3) is 0 Å². The van der Waals surface area contributed by atoms with E-state index in [2.05, 4.69) is 5.32 Å². The second-order valence-electron chi connectivity index (χ2n) is 6.03. The van der Waals surface area contributed by atoms with Crippen molar-refractivity contribution in [3.63, 3.8) is 0 Å². The highest BCUT2D eigenvalue weighted by atomic mass is 32.2. The number of hydrogen-bond acceptors (Lipinski definition) is 3. The van der Waals surface area contributed by atoms with Gasteiger partial charge in [-0.1, -0.05) is 6.07 Å². The Bertz CT molecular complexity index is 930. The van der Waals surface area contributed by atoms with Crippen molar-refractivity contribution < 1.29 is 22.0 Å². The predicted molar refractivity (Wildman–Crippen MR) is 97.7 cm³/mol. The molecule has 0 saturated heterocycles. The van der Waals surface area contributed by atoms with Crippen LogP contribution in [0.4, 0.5) is 20.2 Å². The molecule has 2 aromatic rings. The zero-order valence-electron chi connectivity index (χ0n) is 14.7. The van der Waals surface area contributed by atoms with E-state index in [1.165, 1.54) is 6.07 Å². The molecule has 0 bridgehead atoms. The van der Waals surface area contributed by atoms with Crippen LogP contribution in [0.2, 0.25) is 0 Å². The first kappa shape index (κ1) is 19.8. The monoisotopic (exact) mass is 382 g/mol. The fourth-order valence-corrected chi connectivity index (χ4v) is 3.29. The average Bonchev–Trinajstić information content (AvgIpc) is 2.53. The molecule has 26 heavy (non-hydrogen) atoms. The van der Waals surface area contributed by atoms with E-state index in [0.29, 0.717) is 5.69 Å². The normalized spacial score (nSPS) is 11.3. The molecule has 2 aromatic carbocycles. The zero-order chi connectivity index (χ0) is 19.5. The Balaban J connectivity index is 2.10. The van der Waals surface area contributed by atoms with Crippen molar-refractivity contribution in [3.8, 4) is 0 Å². The number of amides is 1. The van der Waals surface area contributed by atoms with Crippen LogP contribution in [-0.4, -0.2) is 27.1 Å². The molecule has 1 N–H and O–H groups in total. The Labute approximate surface area is 151 Å². The molecule has 0 heterocycles. The van der Waals surface area contributed by atoms with Crippen molar-refractivity contribution in [3.05, 3.63) is 59.2 Å². The lowest BCUT2D eigenvalue weighted by atomic mass is 10.1. The second kappa shape index (κ2) is 7.82. The highest BCUT2D eigenvalue weighted by Crippen LogP contribution is 2.22. The molecule has 0 aliphatic heterocycles. The molecule has 0 unspecified atom stereocenters. The second-order valence-corrected chi connectivity index (χ2v) is 7.94. The maximum Gasteiger partial charge on any atom is 0.232 e. The van der Waals surface area contributed by atoms with Gasteiger partial charge in [0.2, 0.25) is 15.9 Å². The fraction of sp³-hybridized carbons (Fsp3) is 0.278. The van der Waals surface area contributed by atoms with Crippen LogP contribution in [0.3, 0.4) is 0 Å². The number of aryl methyl sites for hydroxylation is 2. The molecule has 0 atom stereocenters. The van der Waals surface area contributed by atoms with Crippen LogP contribution >= 0.6 is 0 Å². The van der Waals surface area contributed by atoms with Gasteiger partial charge in [0.1, 0.15) is 0 Å². The Hall–Kier alpha value is -2.48. The lowest BCUT2D eigenvalue weighted by Crippen LogP contribution is -2.33. The van der Waals surface area contributed by atoms with Crippen molar-refractivity contribution in [2.24, 2.45) is 0 Å². The predicted octanol–water partition coefficient (Wildman–Crippen LogP) is 3.38. The molecule has 140 valence electrons. The van der Waals surface area contributed by atoms with Gasteiger partial charge in [-0.25, -0.2) is 17.2 Å². The minimum absolute atomic E-state index is 0.0726. The Kier molecular flexibility index (Phi) is 5.97. The number of anilines is 2. The van der Waals surface area contributed by atoms with E-state index in [0.717, 1.165) is 33.8 Å². The first-order valence-corrected chi connectivity index (χ1v) is 9.72. The highest BCUT2D eigenvalue weighted by molar-refractivity contribution is 7.92. The summed E-state index contributed by atoms with van der Waals surface area (Å²) >= 11 is 0. The van der Waals surface area contributed by atoms with E-state index in [1.807, 2.05) is 19.9 Å². The number of sulfonamides is 1. The fourth-order valence-electron chi connectivity index (χ4n) is 2.37. The van der Waals surface area contributed by atoms with E-state index in [1.54, 1.807) is 12.1 Å². The van der Waals surface area contributed by atoms with Crippen LogP contribution in [0.15, 0.2) is 36.4 Å². The summed E-state index contributed by atoms with van der Waals surface area (Å²) in [6.07, 6.45) is 0.925. The standard InChI is InChI=1S/C18H20F2N2O3S/c1-12-4-6-15(10-13(12)2)22(26(3,24)25)9-8-18(23)21-14-5-7-16(19)17(20)11-14/h4-7,10-11H,8-9H2,1-3H3,(H,21,23). The third kappa shape index (κ3) is 5.01. The minimum atomic E-state index is -3.58. The van der Waals surface area contributed by atoms with Gasteiger partial charge in [0.15, 0.2) is 11.6 Å². The Morgan fingerprint density at radius 3 is 2.31 bits per heavy atom. The number of nitrogens with one attached hydrogen (secondary N) is 1. The molecule has 0 saturated carbocycles. The number of rotatable bonds is 6. The average molecular weight is 382 g/mol. The largest absolute Gasteiger partial charge is 0.326 e. The molecule has 8 heteroatoms. The Morgan fingerprint density at radius 2 is 1.73 bits per heavy atom. The van der Waals surface area contributed by atoms with Gasteiger partial charge in [0.25, 0.3) is 0 Å². The number of carbonyl (C=O) groups excluding carboxylic acids is 1. The number of nitrogens with zero attached hydrogens (tertiary/aromatic N) is 1. The SMILES string of the molecule is Cc1ccc(N(CCC(=O)Nc2ccc(F)c(F)c2)S(C)(=O)=O)cc1C. The molecule has 0 fully saturated rings. The maximum atomic E-state index is 13.2. The van der Waals surface area contributed by atoms with Crippen molar-refractivity contribution in [2.45, 2.75) is 20.3 Å². The molecular formula is C18H20F2N2O3S. The molecule has 2 rings (SSSR count). The third-order valence-electron chi connectivity index (χ3n) is 3.92. The summed E-state index contributed by atoms with van der Waals surface area (Å²) in [5.41, 5.74) is 2.53. The van der Waals surface area contributed by atoms with Crippen LogP contribution in [0.1, 0.15) is 17.5 Å². The third-order valence-corrected chi connectivity index (χ3v) is 5.12. The van der Waals surface area contributed by atoms with Crippen LogP contribution in [0, 0.1) is 25.5 Å². The molecule has 0 aliphatic rings. The number of benzene rings is 2. The summed E-state index contributed by atoms with van der Waals surface area (Å²) in [6.45, 7) is 3.71. The summed E-state index contributed by atoms with van der Waals surface area (Å²) in [7, 11) is -3.58. The van der Waals surface area contributed by atoms with Gasteiger partial charge in [-0.05, 0) is 49.2 Å². The van der Waals surface area contributed by atoms with Gasteiger partial charge in [-0.3, -0.25) is 9.10 Å². The quantitative estimate of drug-likeness (QED) is 0.833. The van der Waals surface area contributed by atoms with Crippen LogP contribution in [-0.2, 0) is 14.8 Å². The molecular weight excluding hydrogens is 362 g/mol. The van der Waals surface area contributed by atoms with Crippen LogP contribution in [0.5, 0.6) is 0 Å². The van der Waals surface area contributed by atoms with Crippen LogP contribution < -0.4 is 9.62 Å². The van der Waals surface area contributed by atoms with E-state index in [-0.39, 0.29) is 18.7 Å². The maximum absolute atomic E-state index is 13.2.